The third-order valence-corrected chi connectivity index (χ3v) is 2.32. The first-order valence-corrected chi connectivity index (χ1v) is 5.07. The first-order valence-electron chi connectivity index (χ1n) is 5.07. The van der Waals surface area contributed by atoms with Crippen molar-refractivity contribution in [3.05, 3.63) is 18.0 Å². The Labute approximate surface area is 85.7 Å². The van der Waals surface area contributed by atoms with Crippen molar-refractivity contribution in [2.75, 3.05) is 20.6 Å². The quantitative estimate of drug-likeness (QED) is 0.759. The number of nitrogens with zero attached hydrogens (tertiary/aromatic N) is 3. The summed E-state index contributed by atoms with van der Waals surface area (Å²) in [5.41, 5.74) is 7.21. The third-order valence-electron chi connectivity index (χ3n) is 2.32. The highest BCUT2D eigenvalue weighted by Gasteiger charge is 2.10. The summed E-state index contributed by atoms with van der Waals surface area (Å²) in [6.45, 7) is 3.98. The molecule has 0 aliphatic carbocycles. The smallest absolute Gasteiger partial charge is 0.0551 e. The highest BCUT2D eigenvalue weighted by Crippen LogP contribution is 2.13. The number of hydrogen-bond acceptors (Lipinski definition) is 3. The molecule has 1 aromatic heterocycles. The van der Waals surface area contributed by atoms with Crippen LogP contribution in [0, 0.1) is 0 Å². The zero-order valence-electron chi connectivity index (χ0n) is 9.27. The molecule has 0 saturated carbocycles. The van der Waals surface area contributed by atoms with Gasteiger partial charge in [-0.25, -0.2) is 0 Å². The number of aromatic nitrogens is 2. The maximum Gasteiger partial charge on any atom is 0.0551 e. The van der Waals surface area contributed by atoms with Gasteiger partial charge in [-0.05, 0) is 40.1 Å². The van der Waals surface area contributed by atoms with Gasteiger partial charge in [0.05, 0.1) is 5.69 Å². The predicted octanol–water partition coefficient (Wildman–Crippen LogP) is 0.855. The molecule has 0 aliphatic heterocycles. The molecule has 80 valence electrons. The van der Waals surface area contributed by atoms with E-state index in [9.17, 15) is 0 Å². The summed E-state index contributed by atoms with van der Waals surface area (Å²) in [5, 5.41) is 4.21. The Bertz CT molecular complexity index is 267. The molecule has 1 unspecified atom stereocenters. The number of aryl methyl sites for hydroxylation is 1. The van der Waals surface area contributed by atoms with Crippen LogP contribution in [0.25, 0.3) is 0 Å². The average Bonchev–Trinajstić information content (AvgIpc) is 2.61. The summed E-state index contributed by atoms with van der Waals surface area (Å²) >= 11 is 0. The number of rotatable bonds is 5. The van der Waals surface area contributed by atoms with E-state index in [2.05, 4.69) is 31.0 Å². The Balaban J connectivity index is 2.55. The minimum atomic E-state index is 0.0971. The molecule has 1 heterocycles. The van der Waals surface area contributed by atoms with Gasteiger partial charge in [-0.15, -0.1) is 0 Å². The number of nitrogens with two attached hydrogens (primary N) is 1. The second-order valence-corrected chi connectivity index (χ2v) is 3.77. The molecule has 1 atom stereocenters. The van der Waals surface area contributed by atoms with Crippen LogP contribution in [0.5, 0.6) is 0 Å². The van der Waals surface area contributed by atoms with Crippen LogP contribution < -0.4 is 5.73 Å². The van der Waals surface area contributed by atoms with E-state index < -0.39 is 0 Å². The fourth-order valence-electron chi connectivity index (χ4n) is 1.47. The summed E-state index contributed by atoms with van der Waals surface area (Å²) < 4.78 is 1.96. The summed E-state index contributed by atoms with van der Waals surface area (Å²) in [5.74, 6) is 0. The fraction of sp³-hybridized carbons (Fsp3) is 0.700. The molecule has 4 nitrogen and oxygen atoms in total. The first kappa shape index (κ1) is 11.2. The number of hydrogen-bond donors (Lipinski definition) is 1. The Morgan fingerprint density at radius 1 is 1.57 bits per heavy atom. The van der Waals surface area contributed by atoms with Crippen molar-refractivity contribution in [1.29, 1.82) is 0 Å². The highest BCUT2D eigenvalue weighted by molar-refractivity contribution is 5.06. The van der Waals surface area contributed by atoms with Crippen molar-refractivity contribution in [2.24, 2.45) is 5.73 Å². The monoisotopic (exact) mass is 196 g/mol. The van der Waals surface area contributed by atoms with Crippen molar-refractivity contribution >= 4 is 0 Å². The van der Waals surface area contributed by atoms with Crippen molar-refractivity contribution in [1.82, 2.24) is 14.7 Å². The molecular formula is C10H20N4. The second-order valence-electron chi connectivity index (χ2n) is 3.77. The largest absolute Gasteiger partial charge is 0.323 e. The van der Waals surface area contributed by atoms with E-state index in [-0.39, 0.29) is 6.04 Å². The first-order chi connectivity index (χ1) is 6.65. The standard InChI is InChI=1S/C10H20N4/c1-4-14-10(5-7-12-14)9(11)6-8-13(2)3/h5,7,9H,4,6,8,11H2,1-3H3. The molecule has 0 aromatic carbocycles. The van der Waals surface area contributed by atoms with E-state index in [0.717, 1.165) is 25.2 Å². The van der Waals surface area contributed by atoms with E-state index in [1.54, 1.807) is 0 Å². The normalized spacial score (nSPS) is 13.5. The highest BCUT2D eigenvalue weighted by atomic mass is 15.3. The predicted molar refractivity (Wildman–Crippen MR) is 58.0 cm³/mol. The Kier molecular flexibility index (Phi) is 4.10. The third kappa shape index (κ3) is 2.82. The van der Waals surface area contributed by atoms with Gasteiger partial charge < -0.3 is 10.6 Å². The van der Waals surface area contributed by atoms with Crippen LogP contribution >= 0.6 is 0 Å². The minimum Gasteiger partial charge on any atom is -0.323 e. The van der Waals surface area contributed by atoms with Crippen LogP contribution in [-0.4, -0.2) is 35.3 Å². The lowest BCUT2D eigenvalue weighted by Gasteiger charge is -2.16. The molecule has 1 rings (SSSR count). The molecule has 0 bridgehead atoms. The maximum absolute atomic E-state index is 6.08. The van der Waals surface area contributed by atoms with Crippen LogP contribution in [0.4, 0.5) is 0 Å². The molecule has 0 fully saturated rings. The van der Waals surface area contributed by atoms with Gasteiger partial charge in [0, 0.05) is 18.8 Å². The molecule has 1 aromatic rings. The molecule has 0 spiro atoms. The molecule has 0 aliphatic rings. The van der Waals surface area contributed by atoms with Crippen LogP contribution in [-0.2, 0) is 6.54 Å². The molecule has 2 N–H and O–H groups in total. The van der Waals surface area contributed by atoms with E-state index >= 15 is 0 Å². The van der Waals surface area contributed by atoms with Gasteiger partial charge in [-0.3, -0.25) is 4.68 Å². The summed E-state index contributed by atoms with van der Waals surface area (Å²) in [6.07, 6.45) is 2.78. The van der Waals surface area contributed by atoms with Crippen LogP contribution in [0.3, 0.4) is 0 Å². The van der Waals surface area contributed by atoms with Crippen molar-refractivity contribution in [3.8, 4) is 0 Å². The van der Waals surface area contributed by atoms with Gasteiger partial charge in [0.25, 0.3) is 0 Å². The van der Waals surface area contributed by atoms with Gasteiger partial charge in [0.15, 0.2) is 0 Å². The lowest BCUT2D eigenvalue weighted by molar-refractivity contribution is 0.376. The molecule has 0 saturated heterocycles. The summed E-state index contributed by atoms with van der Waals surface area (Å²) in [6, 6.07) is 2.10. The van der Waals surface area contributed by atoms with Crippen LogP contribution in [0.2, 0.25) is 0 Å². The van der Waals surface area contributed by atoms with Crippen molar-refractivity contribution in [3.63, 3.8) is 0 Å². The second kappa shape index (κ2) is 5.12. The molecule has 0 radical (unpaired) electrons. The van der Waals surface area contributed by atoms with E-state index in [4.69, 9.17) is 5.73 Å². The molecule has 14 heavy (non-hydrogen) atoms. The zero-order valence-corrected chi connectivity index (χ0v) is 9.27. The molecular weight excluding hydrogens is 176 g/mol. The van der Waals surface area contributed by atoms with Gasteiger partial charge in [-0.1, -0.05) is 0 Å². The van der Waals surface area contributed by atoms with Gasteiger partial charge >= 0.3 is 0 Å². The lowest BCUT2D eigenvalue weighted by atomic mass is 10.1. The Hall–Kier alpha value is -0.870. The van der Waals surface area contributed by atoms with Gasteiger partial charge in [0.2, 0.25) is 0 Å². The Morgan fingerprint density at radius 3 is 2.86 bits per heavy atom. The van der Waals surface area contributed by atoms with Crippen molar-refractivity contribution in [2.45, 2.75) is 25.9 Å². The van der Waals surface area contributed by atoms with Gasteiger partial charge in [0.1, 0.15) is 0 Å². The SMILES string of the molecule is CCn1nccc1C(N)CCN(C)C. The molecule has 4 heteroatoms. The van der Waals surface area contributed by atoms with Gasteiger partial charge in [-0.2, -0.15) is 5.10 Å². The van der Waals surface area contributed by atoms with Crippen LogP contribution in [0.15, 0.2) is 12.3 Å². The average molecular weight is 196 g/mol. The zero-order chi connectivity index (χ0) is 10.6. The fourth-order valence-corrected chi connectivity index (χ4v) is 1.47. The van der Waals surface area contributed by atoms with Crippen molar-refractivity contribution < 1.29 is 0 Å². The topological polar surface area (TPSA) is 47.1 Å². The molecule has 0 amide bonds. The van der Waals surface area contributed by atoms with Crippen LogP contribution in [0.1, 0.15) is 25.1 Å². The van der Waals surface area contributed by atoms with E-state index in [1.165, 1.54) is 0 Å². The summed E-state index contributed by atoms with van der Waals surface area (Å²) in [7, 11) is 4.12. The maximum atomic E-state index is 6.08. The lowest BCUT2D eigenvalue weighted by Crippen LogP contribution is -2.22. The Morgan fingerprint density at radius 2 is 2.29 bits per heavy atom. The summed E-state index contributed by atoms with van der Waals surface area (Å²) in [4.78, 5) is 2.15. The van der Waals surface area contributed by atoms with E-state index in [0.29, 0.717) is 0 Å². The van der Waals surface area contributed by atoms with E-state index in [1.807, 2.05) is 16.9 Å². The minimum absolute atomic E-state index is 0.0971.